The van der Waals surface area contributed by atoms with E-state index in [1.807, 2.05) is 4.72 Å². The van der Waals surface area contributed by atoms with Crippen LogP contribution in [0.1, 0.15) is 24.2 Å². The van der Waals surface area contributed by atoms with E-state index < -0.39 is 27.0 Å². The Morgan fingerprint density at radius 3 is 2.53 bits per heavy atom. The van der Waals surface area contributed by atoms with Crippen molar-refractivity contribution in [2.24, 2.45) is 0 Å². The number of anilines is 1. The molecule has 1 aromatic rings. The van der Waals surface area contributed by atoms with Crippen LogP contribution in [0.2, 0.25) is 0 Å². The molecule has 0 radical (unpaired) electrons. The molecule has 0 heterocycles. The van der Waals surface area contributed by atoms with E-state index >= 15 is 0 Å². The summed E-state index contributed by atoms with van der Waals surface area (Å²) in [5.74, 6) is -1.60. The molecule has 0 aliphatic rings. The van der Waals surface area contributed by atoms with Gasteiger partial charge in [-0.1, -0.05) is 0 Å². The number of hydrogen-bond acceptors (Lipinski definition) is 4. The monoisotopic (exact) mass is 260 g/mol. The zero-order chi connectivity index (χ0) is 13.2. The third-order valence-corrected chi connectivity index (χ3v) is 3.83. The number of nitrogen functional groups attached to an aromatic ring is 1. The van der Waals surface area contributed by atoms with Crippen LogP contribution in [0, 0.1) is 5.82 Å². The maximum atomic E-state index is 12.9. The van der Waals surface area contributed by atoms with Crippen LogP contribution in [0.5, 0.6) is 0 Å². The van der Waals surface area contributed by atoms with E-state index in [2.05, 4.69) is 0 Å². The second-order valence-corrected chi connectivity index (χ2v) is 5.99. The molecule has 0 aliphatic heterocycles. The van der Waals surface area contributed by atoms with Crippen molar-refractivity contribution in [2.75, 3.05) is 5.73 Å². The first-order valence-corrected chi connectivity index (χ1v) is 6.39. The molecule has 0 aromatic heterocycles. The van der Waals surface area contributed by atoms with Crippen molar-refractivity contribution in [3.8, 4) is 0 Å². The minimum absolute atomic E-state index is 0.0165. The fraction of sp³-hybridized carbons (Fsp3) is 0.300. The summed E-state index contributed by atoms with van der Waals surface area (Å²) in [7, 11) is -3.75. The Labute approximate surface area is 98.9 Å². The summed E-state index contributed by atoms with van der Waals surface area (Å²) in [6, 6.07) is 3.18. The number of carbonyl (C=O) groups is 1. The SMILES string of the molecule is CC(C)S(=O)(=O)NC(=O)c1cc(F)ccc1N. The highest BCUT2D eigenvalue weighted by Crippen LogP contribution is 2.13. The van der Waals surface area contributed by atoms with Crippen LogP contribution in [0.3, 0.4) is 0 Å². The molecule has 3 N–H and O–H groups in total. The van der Waals surface area contributed by atoms with E-state index in [-0.39, 0.29) is 11.3 Å². The van der Waals surface area contributed by atoms with Gasteiger partial charge in [0, 0.05) is 5.69 Å². The largest absolute Gasteiger partial charge is 0.398 e. The molecule has 17 heavy (non-hydrogen) atoms. The van der Waals surface area contributed by atoms with Gasteiger partial charge in [-0.3, -0.25) is 4.79 Å². The summed E-state index contributed by atoms with van der Waals surface area (Å²) >= 11 is 0. The number of nitrogens with one attached hydrogen (secondary N) is 1. The number of nitrogens with two attached hydrogens (primary N) is 1. The van der Waals surface area contributed by atoms with Crippen molar-refractivity contribution in [1.29, 1.82) is 0 Å². The standard InChI is InChI=1S/C10H13FN2O3S/c1-6(2)17(15,16)13-10(14)8-5-7(11)3-4-9(8)12/h3-6H,12H2,1-2H3,(H,13,14). The van der Waals surface area contributed by atoms with E-state index in [9.17, 15) is 17.6 Å². The third-order valence-electron chi connectivity index (χ3n) is 2.12. The summed E-state index contributed by atoms with van der Waals surface area (Å²) in [6.45, 7) is 2.84. The summed E-state index contributed by atoms with van der Waals surface area (Å²) in [5.41, 5.74) is 5.28. The van der Waals surface area contributed by atoms with Gasteiger partial charge in [-0.2, -0.15) is 0 Å². The molecule has 94 valence electrons. The first kappa shape index (κ1) is 13.4. The van der Waals surface area contributed by atoms with Gasteiger partial charge in [-0.05, 0) is 32.0 Å². The van der Waals surface area contributed by atoms with Gasteiger partial charge in [0.1, 0.15) is 5.82 Å². The average molecular weight is 260 g/mol. The molecule has 1 aromatic carbocycles. The smallest absolute Gasteiger partial charge is 0.266 e. The predicted octanol–water partition coefficient (Wildman–Crippen LogP) is 0.876. The van der Waals surface area contributed by atoms with E-state index in [0.717, 1.165) is 12.1 Å². The van der Waals surface area contributed by atoms with Gasteiger partial charge >= 0.3 is 0 Å². The van der Waals surface area contributed by atoms with Gasteiger partial charge in [-0.15, -0.1) is 0 Å². The number of carbonyl (C=O) groups excluding carboxylic acids is 1. The number of amides is 1. The molecule has 1 rings (SSSR count). The Bertz CT molecular complexity index is 540. The van der Waals surface area contributed by atoms with Gasteiger partial charge in [0.25, 0.3) is 5.91 Å². The highest BCUT2D eigenvalue weighted by Gasteiger charge is 2.21. The van der Waals surface area contributed by atoms with E-state index in [4.69, 9.17) is 5.73 Å². The zero-order valence-corrected chi connectivity index (χ0v) is 10.2. The first-order valence-electron chi connectivity index (χ1n) is 4.85. The molecule has 7 heteroatoms. The molecule has 0 fully saturated rings. The van der Waals surface area contributed by atoms with E-state index in [0.29, 0.717) is 0 Å². The maximum Gasteiger partial charge on any atom is 0.266 e. The van der Waals surface area contributed by atoms with Crippen molar-refractivity contribution < 1.29 is 17.6 Å². The van der Waals surface area contributed by atoms with Crippen molar-refractivity contribution in [3.63, 3.8) is 0 Å². The van der Waals surface area contributed by atoms with E-state index in [1.165, 1.54) is 19.9 Å². The van der Waals surface area contributed by atoms with Crippen LogP contribution in [-0.2, 0) is 10.0 Å². The maximum absolute atomic E-state index is 12.9. The molecular formula is C10H13FN2O3S. The second-order valence-electron chi connectivity index (χ2n) is 3.76. The van der Waals surface area contributed by atoms with Gasteiger partial charge in [0.15, 0.2) is 0 Å². The molecule has 1 amide bonds. The summed E-state index contributed by atoms with van der Waals surface area (Å²) in [4.78, 5) is 11.6. The minimum Gasteiger partial charge on any atom is -0.398 e. The molecule has 5 nitrogen and oxygen atoms in total. The lowest BCUT2D eigenvalue weighted by atomic mass is 10.2. The topological polar surface area (TPSA) is 89.3 Å². The lowest BCUT2D eigenvalue weighted by Crippen LogP contribution is -2.36. The van der Waals surface area contributed by atoms with Crippen LogP contribution in [0.15, 0.2) is 18.2 Å². The lowest BCUT2D eigenvalue weighted by molar-refractivity contribution is 0.0981. The Morgan fingerprint density at radius 1 is 1.41 bits per heavy atom. The summed E-state index contributed by atoms with van der Waals surface area (Å²) < 4.78 is 37.6. The van der Waals surface area contributed by atoms with Gasteiger partial charge in [-0.25, -0.2) is 17.5 Å². The second kappa shape index (κ2) is 4.70. The van der Waals surface area contributed by atoms with Crippen LogP contribution in [0.25, 0.3) is 0 Å². The molecule has 0 bridgehead atoms. The van der Waals surface area contributed by atoms with Crippen LogP contribution >= 0.6 is 0 Å². The number of hydrogen-bond donors (Lipinski definition) is 2. The Kier molecular flexibility index (Phi) is 3.72. The average Bonchev–Trinajstić information content (AvgIpc) is 2.20. The van der Waals surface area contributed by atoms with Crippen LogP contribution in [0.4, 0.5) is 10.1 Å². The summed E-state index contributed by atoms with van der Waals surface area (Å²) in [5, 5.41) is -0.763. The minimum atomic E-state index is -3.75. The number of benzene rings is 1. The normalized spacial score (nSPS) is 11.5. The molecule has 0 aliphatic carbocycles. The quantitative estimate of drug-likeness (QED) is 0.789. The fourth-order valence-electron chi connectivity index (χ4n) is 1.03. The molecular weight excluding hydrogens is 247 g/mol. The zero-order valence-electron chi connectivity index (χ0n) is 9.40. The van der Waals surface area contributed by atoms with Crippen LogP contribution < -0.4 is 10.5 Å². The number of rotatable bonds is 3. The molecule has 0 atom stereocenters. The van der Waals surface area contributed by atoms with E-state index in [1.54, 1.807) is 0 Å². The first-order chi connectivity index (χ1) is 7.74. The Morgan fingerprint density at radius 2 is 2.00 bits per heavy atom. The Hall–Kier alpha value is -1.63. The third kappa shape index (κ3) is 3.16. The van der Waals surface area contributed by atoms with Gasteiger partial charge in [0.05, 0.1) is 10.8 Å². The van der Waals surface area contributed by atoms with Gasteiger partial charge in [0.2, 0.25) is 10.0 Å². The lowest BCUT2D eigenvalue weighted by Gasteiger charge is -2.10. The van der Waals surface area contributed by atoms with Crippen molar-refractivity contribution in [1.82, 2.24) is 4.72 Å². The summed E-state index contributed by atoms with van der Waals surface area (Å²) in [6.07, 6.45) is 0. The van der Waals surface area contributed by atoms with Crippen molar-refractivity contribution in [2.45, 2.75) is 19.1 Å². The highest BCUT2D eigenvalue weighted by molar-refractivity contribution is 7.90. The number of halogens is 1. The number of sulfonamides is 1. The molecule has 0 unspecified atom stereocenters. The molecule has 0 saturated carbocycles. The van der Waals surface area contributed by atoms with Crippen molar-refractivity contribution in [3.05, 3.63) is 29.6 Å². The predicted molar refractivity (Wildman–Crippen MR) is 62.3 cm³/mol. The fourth-order valence-corrected chi connectivity index (χ4v) is 1.63. The Balaban J connectivity index is 3.03. The van der Waals surface area contributed by atoms with Crippen LogP contribution in [-0.4, -0.2) is 19.6 Å². The molecule has 0 spiro atoms. The van der Waals surface area contributed by atoms with Gasteiger partial charge < -0.3 is 5.73 Å². The molecule has 0 saturated heterocycles. The highest BCUT2D eigenvalue weighted by atomic mass is 32.2. The van der Waals surface area contributed by atoms with Crippen molar-refractivity contribution >= 4 is 21.6 Å².